The van der Waals surface area contributed by atoms with Gasteiger partial charge in [0.1, 0.15) is 12.7 Å². The highest BCUT2D eigenvalue weighted by molar-refractivity contribution is 6.02. The summed E-state index contributed by atoms with van der Waals surface area (Å²) in [5.74, 6) is -1.24. The van der Waals surface area contributed by atoms with Crippen molar-refractivity contribution in [2.24, 2.45) is 4.99 Å². The Morgan fingerprint density at radius 3 is 2.56 bits per heavy atom. The summed E-state index contributed by atoms with van der Waals surface area (Å²) in [5.41, 5.74) is -1.33. The number of anilines is 1. The summed E-state index contributed by atoms with van der Waals surface area (Å²) < 4.78 is 39.1. The zero-order valence-electron chi connectivity index (χ0n) is 14.4. The average Bonchev–Trinajstić information content (AvgIpc) is 3.01. The van der Waals surface area contributed by atoms with Gasteiger partial charge in [0.2, 0.25) is 5.91 Å². The number of urea groups is 1. The molecular formula is C16H16F3N5O3. The highest BCUT2D eigenvalue weighted by Crippen LogP contribution is 2.34. The van der Waals surface area contributed by atoms with Crippen LogP contribution in [0.3, 0.4) is 0 Å². The Kier molecular flexibility index (Phi) is 4.54. The van der Waals surface area contributed by atoms with Crippen LogP contribution in [0.25, 0.3) is 0 Å². The SMILES string of the molecule is CN1C(=O)C2N=CN(CC(=O)Nc3ccccc3C(F)(F)F)C2N(C)C1=O. The molecule has 2 aliphatic rings. The van der Waals surface area contributed by atoms with Crippen molar-refractivity contribution in [3.8, 4) is 0 Å². The second kappa shape index (κ2) is 6.56. The van der Waals surface area contributed by atoms with Crippen LogP contribution < -0.4 is 5.32 Å². The number of hydrogen-bond acceptors (Lipinski definition) is 5. The number of nitrogens with zero attached hydrogens (tertiary/aromatic N) is 4. The van der Waals surface area contributed by atoms with Crippen molar-refractivity contribution in [3.63, 3.8) is 0 Å². The zero-order chi connectivity index (χ0) is 19.9. The summed E-state index contributed by atoms with van der Waals surface area (Å²) in [6.07, 6.45) is -4.16. The van der Waals surface area contributed by atoms with Crippen molar-refractivity contribution in [1.82, 2.24) is 14.7 Å². The first-order chi connectivity index (χ1) is 12.6. The quantitative estimate of drug-likeness (QED) is 0.850. The minimum absolute atomic E-state index is 0.369. The maximum absolute atomic E-state index is 13.0. The lowest BCUT2D eigenvalue weighted by molar-refractivity contribution is -0.137. The molecule has 0 saturated carbocycles. The van der Waals surface area contributed by atoms with Crippen LogP contribution in [-0.2, 0) is 15.8 Å². The average molecular weight is 383 g/mol. The highest BCUT2D eigenvalue weighted by atomic mass is 19.4. The molecule has 8 nitrogen and oxygen atoms in total. The second-order valence-corrected chi connectivity index (χ2v) is 6.18. The second-order valence-electron chi connectivity index (χ2n) is 6.18. The van der Waals surface area contributed by atoms with Crippen LogP contribution in [0.15, 0.2) is 29.3 Å². The monoisotopic (exact) mass is 383 g/mol. The first kappa shape index (κ1) is 18.7. The van der Waals surface area contributed by atoms with Crippen LogP contribution in [-0.4, -0.2) is 71.7 Å². The Morgan fingerprint density at radius 1 is 1.22 bits per heavy atom. The smallest absolute Gasteiger partial charge is 0.331 e. The largest absolute Gasteiger partial charge is 0.418 e. The normalized spacial score (nSPS) is 22.3. The van der Waals surface area contributed by atoms with E-state index in [0.717, 1.165) is 17.0 Å². The molecule has 4 amide bonds. The molecule has 0 aliphatic carbocycles. The van der Waals surface area contributed by atoms with Gasteiger partial charge in [-0.05, 0) is 12.1 Å². The van der Waals surface area contributed by atoms with Crippen LogP contribution >= 0.6 is 0 Å². The van der Waals surface area contributed by atoms with E-state index in [0.29, 0.717) is 0 Å². The third kappa shape index (κ3) is 3.32. The number of rotatable bonds is 3. The number of para-hydroxylation sites is 1. The topological polar surface area (TPSA) is 85.3 Å². The number of imide groups is 1. The van der Waals surface area contributed by atoms with Crippen molar-refractivity contribution in [2.75, 3.05) is 26.0 Å². The predicted octanol–water partition coefficient (Wildman–Crippen LogP) is 1.21. The van der Waals surface area contributed by atoms with E-state index in [1.54, 1.807) is 0 Å². The van der Waals surface area contributed by atoms with E-state index in [2.05, 4.69) is 10.3 Å². The molecule has 27 heavy (non-hydrogen) atoms. The fourth-order valence-corrected chi connectivity index (χ4v) is 3.08. The number of fused-ring (bicyclic) bond motifs is 1. The molecule has 1 aromatic rings. The van der Waals surface area contributed by atoms with E-state index in [1.165, 1.54) is 42.4 Å². The van der Waals surface area contributed by atoms with E-state index < -0.39 is 41.8 Å². The molecule has 3 rings (SSSR count). The molecule has 0 radical (unpaired) electrons. The van der Waals surface area contributed by atoms with Crippen molar-refractivity contribution < 1.29 is 27.6 Å². The number of carbonyl (C=O) groups is 3. The number of aliphatic imine (C=N–C) groups is 1. The lowest BCUT2D eigenvalue weighted by Crippen LogP contribution is -2.64. The molecule has 2 atom stereocenters. The number of likely N-dealkylation sites (N-methyl/N-ethyl adjacent to an activating group) is 2. The van der Waals surface area contributed by atoms with E-state index in [-0.39, 0.29) is 12.2 Å². The van der Waals surface area contributed by atoms with Crippen molar-refractivity contribution in [1.29, 1.82) is 0 Å². The summed E-state index contributed by atoms with van der Waals surface area (Å²) in [7, 11) is 2.79. The van der Waals surface area contributed by atoms with Crippen LogP contribution in [0, 0.1) is 0 Å². The molecule has 0 spiro atoms. The number of amides is 4. The zero-order valence-corrected chi connectivity index (χ0v) is 14.4. The fraction of sp³-hybridized carbons (Fsp3) is 0.375. The third-order valence-corrected chi connectivity index (χ3v) is 4.40. The molecule has 2 unspecified atom stereocenters. The van der Waals surface area contributed by atoms with Gasteiger partial charge in [-0.2, -0.15) is 13.2 Å². The number of benzene rings is 1. The molecule has 0 bridgehead atoms. The van der Waals surface area contributed by atoms with Gasteiger partial charge in [0, 0.05) is 14.1 Å². The maximum atomic E-state index is 13.0. The molecule has 0 aromatic heterocycles. The standard InChI is InChI=1S/C16H16F3N5O3/c1-22-13-12(14(26)23(2)15(22)27)20-8-24(13)7-11(25)21-10-6-4-3-5-9(10)16(17,18)19/h3-6,8,12-13H,7H2,1-2H3,(H,21,25). The minimum Gasteiger partial charge on any atom is -0.331 e. The van der Waals surface area contributed by atoms with Gasteiger partial charge in [-0.3, -0.25) is 19.5 Å². The first-order valence-corrected chi connectivity index (χ1v) is 7.90. The number of carbonyl (C=O) groups excluding carboxylic acids is 3. The summed E-state index contributed by atoms with van der Waals surface area (Å²) in [6, 6.07) is 3.18. The molecule has 1 saturated heterocycles. The lowest BCUT2D eigenvalue weighted by atomic mass is 10.1. The summed E-state index contributed by atoms with van der Waals surface area (Å²) in [4.78, 5) is 44.1. The third-order valence-electron chi connectivity index (χ3n) is 4.40. The van der Waals surface area contributed by atoms with Gasteiger partial charge < -0.3 is 15.1 Å². The van der Waals surface area contributed by atoms with Gasteiger partial charge in [-0.1, -0.05) is 12.1 Å². The number of hydrogen-bond donors (Lipinski definition) is 1. The number of alkyl halides is 3. The Bertz CT molecular complexity index is 826. The van der Waals surface area contributed by atoms with Crippen molar-refractivity contribution in [3.05, 3.63) is 29.8 Å². The molecule has 2 aliphatic heterocycles. The summed E-state index contributed by atoms with van der Waals surface area (Å²) >= 11 is 0. The first-order valence-electron chi connectivity index (χ1n) is 7.90. The Balaban J connectivity index is 1.74. The molecular weight excluding hydrogens is 367 g/mol. The Hall–Kier alpha value is -3.11. The van der Waals surface area contributed by atoms with E-state index in [9.17, 15) is 27.6 Å². The van der Waals surface area contributed by atoms with Crippen LogP contribution in [0.2, 0.25) is 0 Å². The van der Waals surface area contributed by atoms with Crippen LogP contribution in [0.1, 0.15) is 5.56 Å². The van der Waals surface area contributed by atoms with Gasteiger partial charge in [0.05, 0.1) is 17.6 Å². The Morgan fingerprint density at radius 2 is 1.89 bits per heavy atom. The maximum Gasteiger partial charge on any atom is 0.418 e. The van der Waals surface area contributed by atoms with E-state index in [4.69, 9.17) is 0 Å². The lowest BCUT2D eigenvalue weighted by Gasteiger charge is -2.40. The molecule has 1 aromatic carbocycles. The molecule has 2 heterocycles. The van der Waals surface area contributed by atoms with E-state index >= 15 is 0 Å². The fourth-order valence-electron chi connectivity index (χ4n) is 3.08. The van der Waals surface area contributed by atoms with Gasteiger partial charge in [-0.15, -0.1) is 0 Å². The Labute approximate surface area is 152 Å². The molecule has 1 fully saturated rings. The molecule has 11 heteroatoms. The van der Waals surface area contributed by atoms with E-state index in [1.807, 2.05) is 0 Å². The van der Waals surface area contributed by atoms with Gasteiger partial charge in [0.15, 0.2) is 6.04 Å². The highest BCUT2D eigenvalue weighted by Gasteiger charge is 2.48. The van der Waals surface area contributed by atoms with Crippen LogP contribution in [0.5, 0.6) is 0 Å². The van der Waals surface area contributed by atoms with Gasteiger partial charge in [0.25, 0.3) is 5.91 Å². The predicted molar refractivity (Wildman–Crippen MR) is 88.8 cm³/mol. The minimum atomic E-state index is -4.61. The van der Waals surface area contributed by atoms with Gasteiger partial charge in [-0.25, -0.2) is 4.79 Å². The molecule has 144 valence electrons. The van der Waals surface area contributed by atoms with Crippen LogP contribution in [0.4, 0.5) is 23.7 Å². The summed E-state index contributed by atoms with van der Waals surface area (Å²) in [5, 5.41) is 2.22. The van der Waals surface area contributed by atoms with Crippen molar-refractivity contribution >= 4 is 29.9 Å². The number of halogens is 3. The summed E-state index contributed by atoms with van der Waals surface area (Å²) in [6.45, 7) is -0.370. The van der Waals surface area contributed by atoms with Crippen molar-refractivity contribution in [2.45, 2.75) is 18.4 Å². The number of nitrogens with one attached hydrogen (secondary N) is 1. The van der Waals surface area contributed by atoms with Gasteiger partial charge >= 0.3 is 12.2 Å². The molecule has 1 N–H and O–H groups in total.